The molecular weight excluding hydrogens is 294 g/mol. The Balaban J connectivity index is 2.57. The summed E-state index contributed by atoms with van der Waals surface area (Å²) < 4.78 is 5.53. The number of hydrogen-bond donors (Lipinski definition) is 2. The van der Waals surface area contributed by atoms with Gasteiger partial charge in [0.2, 0.25) is 5.91 Å². The molecule has 1 aliphatic heterocycles. The van der Waals surface area contributed by atoms with Gasteiger partial charge in [-0.1, -0.05) is 0 Å². The van der Waals surface area contributed by atoms with Crippen LogP contribution < -0.4 is 11.1 Å². The molecule has 0 spiro atoms. The quantitative estimate of drug-likeness (QED) is 0.784. The van der Waals surface area contributed by atoms with Crippen LogP contribution in [0.15, 0.2) is 0 Å². The maximum Gasteiger partial charge on any atom is 0.410 e. The largest absolute Gasteiger partial charge is 0.444 e. The SMILES string of the molecule is CC(CC(N)=O)NC(C)CC1CCCCN1C(=O)OC(C)(C)C. The van der Waals surface area contributed by atoms with E-state index in [4.69, 9.17) is 10.5 Å². The van der Waals surface area contributed by atoms with Crippen molar-refractivity contribution in [3.8, 4) is 0 Å². The lowest BCUT2D eigenvalue weighted by Gasteiger charge is -2.38. The van der Waals surface area contributed by atoms with Crippen LogP contribution in [0.1, 0.15) is 66.7 Å². The summed E-state index contributed by atoms with van der Waals surface area (Å²) in [6, 6.07) is 0.431. The summed E-state index contributed by atoms with van der Waals surface area (Å²) in [7, 11) is 0. The number of nitrogens with two attached hydrogens (primary N) is 1. The van der Waals surface area contributed by atoms with Crippen molar-refractivity contribution in [2.75, 3.05) is 6.54 Å². The van der Waals surface area contributed by atoms with Gasteiger partial charge in [0.15, 0.2) is 0 Å². The first-order valence-corrected chi connectivity index (χ1v) is 8.62. The van der Waals surface area contributed by atoms with Gasteiger partial charge < -0.3 is 20.7 Å². The Hall–Kier alpha value is -1.30. The molecule has 0 radical (unpaired) electrons. The van der Waals surface area contributed by atoms with Crippen LogP contribution in [-0.2, 0) is 9.53 Å². The highest BCUT2D eigenvalue weighted by molar-refractivity contribution is 5.74. The second-order valence-corrected chi connectivity index (χ2v) is 7.70. The second kappa shape index (κ2) is 8.52. The Kier molecular flexibility index (Phi) is 7.32. The Morgan fingerprint density at radius 3 is 2.48 bits per heavy atom. The molecule has 0 bridgehead atoms. The van der Waals surface area contributed by atoms with E-state index in [2.05, 4.69) is 12.2 Å². The third-order valence-electron chi connectivity index (χ3n) is 3.96. The molecule has 0 aliphatic carbocycles. The van der Waals surface area contributed by atoms with Crippen LogP contribution in [0, 0.1) is 0 Å². The van der Waals surface area contributed by atoms with Gasteiger partial charge >= 0.3 is 6.09 Å². The summed E-state index contributed by atoms with van der Waals surface area (Å²) in [6.07, 6.45) is 4.10. The number of nitrogens with one attached hydrogen (secondary N) is 1. The molecule has 0 saturated carbocycles. The van der Waals surface area contributed by atoms with Crippen molar-refractivity contribution in [1.29, 1.82) is 0 Å². The van der Waals surface area contributed by atoms with Crippen molar-refractivity contribution in [1.82, 2.24) is 10.2 Å². The second-order valence-electron chi connectivity index (χ2n) is 7.70. The molecule has 1 fully saturated rings. The number of piperidine rings is 1. The summed E-state index contributed by atoms with van der Waals surface area (Å²) in [5.41, 5.74) is 4.75. The number of rotatable bonds is 6. The smallest absolute Gasteiger partial charge is 0.410 e. The molecule has 3 atom stereocenters. The molecule has 1 aliphatic rings. The van der Waals surface area contributed by atoms with E-state index >= 15 is 0 Å². The standard InChI is InChI=1S/C17H33N3O3/c1-12(19-13(2)11-15(18)21)10-14-8-6-7-9-20(14)16(22)23-17(3,4)5/h12-14,19H,6-11H2,1-5H3,(H2,18,21). The maximum atomic E-state index is 12.4. The zero-order valence-electron chi connectivity index (χ0n) is 15.2. The maximum absolute atomic E-state index is 12.4. The predicted octanol–water partition coefficient (Wildman–Crippen LogP) is 2.41. The van der Waals surface area contributed by atoms with Gasteiger partial charge in [-0.3, -0.25) is 4.79 Å². The molecule has 6 heteroatoms. The predicted molar refractivity (Wildman–Crippen MR) is 91.1 cm³/mol. The number of primary amides is 1. The van der Waals surface area contributed by atoms with E-state index in [1.54, 1.807) is 0 Å². The molecule has 0 aromatic rings. The van der Waals surface area contributed by atoms with E-state index in [0.29, 0.717) is 6.42 Å². The molecular formula is C17H33N3O3. The van der Waals surface area contributed by atoms with Gasteiger partial charge in [0.05, 0.1) is 0 Å². The highest BCUT2D eigenvalue weighted by Gasteiger charge is 2.31. The van der Waals surface area contributed by atoms with Gasteiger partial charge in [-0.15, -0.1) is 0 Å². The van der Waals surface area contributed by atoms with Crippen LogP contribution >= 0.6 is 0 Å². The van der Waals surface area contributed by atoms with Gasteiger partial charge in [-0.05, 0) is 60.3 Å². The Labute approximate surface area is 140 Å². The van der Waals surface area contributed by atoms with Crippen LogP contribution in [0.4, 0.5) is 4.79 Å². The average molecular weight is 327 g/mol. The summed E-state index contributed by atoms with van der Waals surface area (Å²) in [5.74, 6) is -0.301. The topological polar surface area (TPSA) is 84.7 Å². The summed E-state index contributed by atoms with van der Waals surface area (Å²) in [4.78, 5) is 25.2. The van der Waals surface area contributed by atoms with Crippen molar-refractivity contribution in [2.24, 2.45) is 5.73 Å². The van der Waals surface area contributed by atoms with Gasteiger partial charge in [0, 0.05) is 31.1 Å². The highest BCUT2D eigenvalue weighted by Crippen LogP contribution is 2.23. The van der Waals surface area contributed by atoms with Crippen LogP contribution in [0.25, 0.3) is 0 Å². The number of carbonyl (C=O) groups excluding carboxylic acids is 2. The first-order valence-electron chi connectivity index (χ1n) is 8.62. The van der Waals surface area contributed by atoms with E-state index < -0.39 is 5.60 Å². The molecule has 1 heterocycles. The fourth-order valence-corrected chi connectivity index (χ4v) is 3.13. The van der Waals surface area contributed by atoms with Gasteiger partial charge in [0.1, 0.15) is 5.60 Å². The van der Waals surface area contributed by atoms with Gasteiger partial charge in [0.25, 0.3) is 0 Å². The molecule has 23 heavy (non-hydrogen) atoms. The lowest BCUT2D eigenvalue weighted by molar-refractivity contribution is -0.118. The number of hydrogen-bond acceptors (Lipinski definition) is 4. The molecule has 3 N–H and O–H groups in total. The fourth-order valence-electron chi connectivity index (χ4n) is 3.13. The van der Waals surface area contributed by atoms with E-state index in [1.807, 2.05) is 32.6 Å². The molecule has 6 nitrogen and oxygen atoms in total. The van der Waals surface area contributed by atoms with Crippen LogP contribution in [-0.4, -0.2) is 47.2 Å². The Morgan fingerprint density at radius 2 is 1.91 bits per heavy atom. The van der Waals surface area contributed by atoms with E-state index in [-0.39, 0.29) is 30.1 Å². The minimum absolute atomic E-state index is 0.0427. The van der Waals surface area contributed by atoms with Crippen molar-refractivity contribution >= 4 is 12.0 Å². The zero-order valence-corrected chi connectivity index (χ0v) is 15.2. The van der Waals surface area contributed by atoms with E-state index in [9.17, 15) is 9.59 Å². The minimum Gasteiger partial charge on any atom is -0.444 e. The molecule has 1 rings (SSSR count). The average Bonchev–Trinajstić information content (AvgIpc) is 2.35. The van der Waals surface area contributed by atoms with Crippen LogP contribution in [0.3, 0.4) is 0 Å². The molecule has 134 valence electrons. The minimum atomic E-state index is -0.473. The molecule has 0 aromatic carbocycles. The summed E-state index contributed by atoms with van der Waals surface area (Å²) in [5, 5.41) is 3.39. The molecule has 3 unspecified atom stereocenters. The van der Waals surface area contributed by atoms with Crippen LogP contribution in [0.2, 0.25) is 0 Å². The van der Waals surface area contributed by atoms with E-state index in [0.717, 1.165) is 32.2 Å². The summed E-state index contributed by atoms with van der Waals surface area (Å²) in [6.45, 7) is 10.5. The normalized spacial score (nSPS) is 21.6. The number of nitrogens with zero attached hydrogens (tertiary/aromatic N) is 1. The fraction of sp³-hybridized carbons (Fsp3) is 0.882. The molecule has 2 amide bonds. The van der Waals surface area contributed by atoms with Gasteiger partial charge in [-0.2, -0.15) is 0 Å². The number of amides is 2. The lowest BCUT2D eigenvalue weighted by atomic mass is 9.96. The zero-order chi connectivity index (χ0) is 17.6. The summed E-state index contributed by atoms with van der Waals surface area (Å²) >= 11 is 0. The Bertz CT molecular complexity index is 406. The highest BCUT2D eigenvalue weighted by atomic mass is 16.6. The first-order chi connectivity index (χ1) is 10.6. The Morgan fingerprint density at radius 1 is 1.26 bits per heavy atom. The van der Waals surface area contributed by atoms with Crippen molar-refractivity contribution in [3.63, 3.8) is 0 Å². The van der Waals surface area contributed by atoms with E-state index in [1.165, 1.54) is 0 Å². The number of carbonyl (C=O) groups is 2. The molecule has 1 saturated heterocycles. The van der Waals surface area contributed by atoms with Crippen molar-refractivity contribution < 1.29 is 14.3 Å². The van der Waals surface area contributed by atoms with Crippen molar-refractivity contribution in [3.05, 3.63) is 0 Å². The van der Waals surface area contributed by atoms with Crippen molar-refractivity contribution in [2.45, 2.75) is 90.4 Å². The number of likely N-dealkylation sites (tertiary alicyclic amines) is 1. The monoisotopic (exact) mass is 327 g/mol. The molecule has 0 aromatic heterocycles. The third-order valence-corrected chi connectivity index (χ3v) is 3.96. The van der Waals surface area contributed by atoms with Crippen LogP contribution in [0.5, 0.6) is 0 Å². The third kappa shape index (κ3) is 7.68. The first kappa shape index (κ1) is 19.7. The number of ether oxygens (including phenoxy) is 1. The lowest BCUT2D eigenvalue weighted by Crippen LogP contribution is -2.49. The van der Waals surface area contributed by atoms with Gasteiger partial charge in [-0.25, -0.2) is 4.79 Å².